The smallest absolute Gasteiger partial charge is 0.306 e. The second-order valence-corrected chi connectivity index (χ2v) is 19.0. The number of aliphatic hydroxyl groups is 1. The van der Waals surface area contributed by atoms with Crippen LogP contribution in [0.1, 0.15) is 316 Å². The van der Waals surface area contributed by atoms with E-state index in [1.54, 1.807) is 0 Å². The molecule has 1 N–H and O–H groups in total. The number of allylic oxidation sites excluding steroid dienone is 2. The van der Waals surface area contributed by atoms with Gasteiger partial charge in [-0.3, -0.25) is 9.59 Å². The maximum Gasteiger partial charge on any atom is 0.306 e. The Morgan fingerprint density at radius 2 is 0.607 bits per heavy atom. The Hall–Kier alpha value is -1.36. The summed E-state index contributed by atoms with van der Waals surface area (Å²) >= 11 is 0. The van der Waals surface area contributed by atoms with Crippen LogP contribution in [-0.4, -0.2) is 36.4 Å². The van der Waals surface area contributed by atoms with Crippen LogP contribution in [0, 0.1) is 0 Å². The van der Waals surface area contributed by atoms with Crippen molar-refractivity contribution in [2.75, 3.05) is 13.2 Å². The Labute approximate surface area is 381 Å². The summed E-state index contributed by atoms with van der Waals surface area (Å²) < 4.78 is 10.7. The highest BCUT2D eigenvalue weighted by Crippen LogP contribution is 2.18. The number of esters is 2. The molecular formula is C56H108O5. The monoisotopic (exact) mass is 861 g/mol. The lowest BCUT2D eigenvalue weighted by Crippen LogP contribution is -2.28. The van der Waals surface area contributed by atoms with Crippen LogP contribution in [0.5, 0.6) is 0 Å². The number of unbranched alkanes of at least 4 members (excludes halogenated alkanes) is 42. The van der Waals surface area contributed by atoms with E-state index in [1.807, 2.05) is 0 Å². The van der Waals surface area contributed by atoms with Crippen LogP contribution in [0.3, 0.4) is 0 Å². The highest BCUT2D eigenvalue weighted by Gasteiger charge is 2.16. The highest BCUT2D eigenvalue weighted by atomic mass is 16.6. The lowest BCUT2D eigenvalue weighted by atomic mass is 10.0. The van der Waals surface area contributed by atoms with Crippen LogP contribution in [0.4, 0.5) is 0 Å². The van der Waals surface area contributed by atoms with E-state index in [2.05, 4.69) is 26.0 Å². The number of hydrogen-bond donors (Lipinski definition) is 1. The predicted octanol–water partition coefficient (Wildman–Crippen LogP) is 18.4. The first kappa shape index (κ1) is 59.6. The molecule has 0 fully saturated rings. The molecule has 0 heterocycles. The third-order valence-corrected chi connectivity index (χ3v) is 12.8. The van der Waals surface area contributed by atoms with Gasteiger partial charge in [0.1, 0.15) is 6.61 Å². The van der Waals surface area contributed by atoms with E-state index in [1.165, 1.54) is 250 Å². The molecule has 0 aliphatic heterocycles. The number of rotatable bonds is 52. The SMILES string of the molecule is CCCCCCCCC/C=C\CCCCCCCC(=O)OC(CO)COC(=O)CCCCCCCCCCCCCCCCCCCCCCCCCCCCCCCCC. The molecule has 0 bridgehead atoms. The number of hydrogen-bond acceptors (Lipinski definition) is 5. The van der Waals surface area contributed by atoms with Crippen molar-refractivity contribution in [1.82, 2.24) is 0 Å². The van der Waals surface area contributed by atoms with Gasteiger partial charge >= 0.3 is 11.9 Å². The molecule has 0 aromatic carbocycles. The van der Waals surface area contributed by atoms with Gasteiger partial charge in [0, 0.05) is 12.8 Å². The van der Waals surface area contributed by atoms with Gasteiger partial charge in [0.2, 0.25) is 0 Å². The van der Waals surface area contributed by atoms with Crippen LogP contribution >= 0.6 is 0 Å². The minimum Gasteiger partial charge on any atom is -0.462 e. The topological polar surface area (TPSA) is 72.8 Å². The average molecular weight is 861 g/mol. The first-order valence-corrected chi connectivity index (χ1v) is 27.7. The summed E-state index contributed by atoms with van der Waals surface area (Å²) in [7, 11) is 0. The fourth-order valence-electron chi connectivity index (χ4n) is 8.61. The van der Waals surface area contributed by atoms with Crippen LogP contribution in [0.2, 0.25) is 0 Å². The number of aliphatic hydroxyl groups excluding tert-OH is 1. The largest absolute Gasteiger partial charge is 0.462 e. The molecule has 61 heavy (non-hydrogen) atoms. The Morgan fingerprint density at radius 1 is 0.361 bits per heavy atom. The third-order valence-electron chi connectivity index (χ3n) is 12.8. The third kappa shape index (κ3) is 51.2. The summed E-state index contributed by atoms with van der Waals surface area (Å²) in [5.41, 5.74) is 0. The van der Waals surface area contributed by atoms with E-state index in [0.29, 0.717) is 12.8 Å². The molecule has 0 aliphatic rings. The van der Waals surface area contributed by atoms with Crippen molar-refractivity contribution in [1.29, 1.82) is 0 Å². The quantitative estimate of drug-likeness (QED) is 0.0375. The molecule has 0 rings (SSSR count). The highest BCUT2D eigenvalue weighted by molar-refractivity contribution is 5.70. The molecule has 0 aromatic rings. The van der Waals surface area contributed by atoms with Gasteiger partial charge in [-0.25, -0.2) is 0 Å². The van der Waals surface area contributed by atoms with E-state index >= 15 is 0 Å². The van der Waals surface area contributed by atoms with Crippen molar-refractivity contribution in [2.45, 2.75) is 322 Å². The van der Waals surface area contributed by atoms with Crippen LogP contribution < -0.4 is 0 Å². The van der Waals surface area contributed by atoms with Crippen molar-refractivity contribution in [3.8, 4) is 0 Å². The minimum absolute atomic E-state index is 0.0623. The van der Waals surface area contributed by atoms with E-state index in [4.69, 9.17) is 9.47 Å². The predicted molar refractivity (Wildman–Crippen MR) is 265 cm³/mol. The van der Waals surface area contributed by atoms with E-state index in [9.17, 15) is 14.7 Å². The number of carbonyl (C=O) groups is 2. The molecule has 362 valence electrons. The van der Waals surface area contributed by atoms with Crippen molar-refractivity contribution in [2.24, 2.45) is 0 Å². The summed E-state index contributed by atoms with van der Waals surface area (Å²) in [5.74, 6) is -0.581. The average Bonchev–Trinajstić information content (AvgIpc) is 3.26. The van der Waals surface area contributed by atoms with E-state index in [0.717, 1.165) is 38.5 Å². The van der Waals surface area contributed by atoms with Gasteiger partial charge in [0.15, 0.2) is 6.10 Å². The summed E-state index contributed by atoms with van der Waals surface area (Å²) in [6.45, 7) is 4.18. The first-order valence-electron chi connectivity index (χ1n) is 27.7. The number of carbonyl (C=O) groups excluding carboxylic acids is 2. The van der Waals surface area contributed by atoms with Crippen LogP contribution in [-0.2, 0) is 19.1 Å². The zero-order valence-electron chi connectivity index (χ0n) is 41.5. The van der Waals surface area contributed by atoms with E-state index < -0.39 is 6.10 Å². The van der Waals surface area contributed by atoms with Crippen molar-refractivity contribution in [3.05, 3.63) is 12.2 Å². The van der Waals surface area contributed by atoms with Crippen LogP contribution in [0.15, 0.2) is 12.2 Å². The van der Waals surface area contributed by atoms with Gasteiger partial charge in [-0.15, -0.1) is 0 Å². The lowest BCUT2D eigenvalue weighted by Gasteiger charge is -2.15. The van der Waals surface area contributed by atoms with Gasteiger partial charge in [-0.05, 0) is 38.5 Å². The molecule has 1 atom stereocenters. The zero-order valence-corrected chi connectivity index (χ0v) is 41.5. The van der Waals surface area contributed by atoms with Crippen molar-refractivity contribution >= 4 is 11.9 Å². The number of ether oxygens (including phenoxy) is 2. The van der Waals surface area contributed by atoms with Gasteiger partial charge in [0.25, 0.3) is 0 Å². The van der Waals surface area contributed by atoms with Gasteiger partial charge in [-0.2, -0.15) is 0 Å². The molecule has 5 nitrogen and oxygen atoms in total. The van der Waals surface area contributed by atoms with Crippen molar-refractivity contribution in [3.63, 3.8) is 0 Å². The summed E-state index contributed by atoms with van der Waals surface area (Å²) in [4.78, 5) is 24.4. The lowest BCUT2D eigenvalue weighted by molar-refractivity contribution is -0.161. The Balaban J connectivity index is 3.38. The maximum atomic E-state index is 12.2. The standard InChI is InChI=1S/C56H108O5/c1-3-5-7-9-11-13-15-17-19-21-22-23-24-25-26-27-28-29-30-31-32-33-34-35-37-38-40-42-44-46-48-50-55(58)60-53-54(52-57)61-56(59)51-49-47-45-43-41-39-36-20-18-16-14-12-10-8-6-4-2/h20,36,54,57H,3-19,21-35,37-53H2,1-2H3/b36-20-. The summed E-state index contributed by atoms with van der Waals surface area (Å²) in [5, 5.41) is 9.62. The molecular weight excluding hydrogens is 753 g/mol. The molecule has 0 aromatic heterocycles. The molecule has 0 amide bonds. The Kier molecular flexibility index (Phi) is 51.8. The van der Waals surface area contributed by atoms with Crippen LogP contribution in [0.25, 0.3) is 0 Å². The molecule has 0 saturated heterocycles. The molecule has 0 spiro atoms. The second-order valence-electron chi connectivity index (χ2n) is 19.0. The second kappa shape index (κ2) is 53.0. The Bertz CT molecular complexity index is 886. The Morgan fingerprint density at radius 3 is 0.885 bits per heavy atom. The molecule has 0 radical (unpaired) electrons. The van der Waals surface area contributed by atoms with E-state index in [-0.39, 0.29) is 25.2 Å². The van der Waals surface area contributed by atoms with Gasteiger partial charge in [-0.1, -0.05) is 276 Å². The molecule has 5 heteroatoms. The minimum atomic E-state index is -0.771. The van der Waals surface area contributed by atoms with Gasteiger partial charge < -0.3 is 14.6 Å². The van der Waals surface area contributed by atoms with Gasteiger partial charge in [0.05, 0.1) is 6.61 Å². The molecule has 1 unspecified atom stereocenters. The first-order chi connectivity index (χ1) is 30.1. The van der Waals surface area contributed by atoms with Crippen molar-refractivity contribution < 1.29 is 24.2 Å². The molecule has 0 aliphatic carbocycles. The molecule has 0 saturated carbocycles. The zero-order chi connectivity index (χ0) is 44.2. The maximum absolute atomic E-state index is 12.2. The summed E-state index contributed by atoms with van der Waals surface area (Å²) in [6.07, 6.45) is 64.8. The fraction of sp³-hybridized carbons (Fsp3) is 0.929. The fourth-order valence-corrected chi connectivity index (χ4v) is 8.61. The summed E-state index contributed by atoms with van der Waals surface area (Å²) in [6, 6.07) is 0. The normalized spacial score (nSPS) is 12.1.